The second-order valence-electron chi connectivity index (χ2n) is 4.13. The summed E-state index contributed by atoms with van der Waals surface area (Å²) in [7, 11) is 0. The summed E-state index contributed by atoms with van der Waals surface area (Å²) >= 11 is 5.86. The van der Waals surface area contributed by atoms with E-state index in [0.29, 0.717) is 5.15 Å². The van der Waals surface area contributed by atoms with Crippen molar-refractivity contribution in [2.75, 3.05) is 5.32 Å². The van der Waals surface area contributed by atoms with E-state index in [-0.39, 0.29) is 6.04 Å². The minimum Gasteiger partial charge on any atom is -0.362 e. The predicted octanol–water partition coefficient (Wildman–Crippen LogP) is 3.23. The molecule has 0 radical (unpaired) electrons. The second kappa shape index (κ2) is 4.34. The Morgan fingerprint density at radius 3 is 3.06 bits per heavy atom. The smallest absolute Gasteiger partial charge is 0.131 e. The van der Waals surface area contributed by atoms with Gasteiger partial charge in [-0.2, -0.15) is 0 Å². The Morgan fingerprint density at radius 1 is 1.24 bits per heavy atom. The van der Waals surface area contributed by atoms with E-state index in [2.05, 4.69) is 21.4 Å². The quantitative estimate of drug-likeness (QED) is 0.826. The highest BCUT2D eigenvalue weighted by Gasteiger charge is 2.23. The molecule has 4 heteroatoms. The molecule has 2 heterocycles. The van der Waals surface area contributed by atoms with Gasteiger partial charge in [0.2, 0.25) is 0 Å². The van der Waals surface area contributed by atoms with E-state index in [0.717, 1.165) is 24.4 Å². The molecule has 3 rings (SSSR count). The van der Waals surface area contributed by atoms with Gasteiger partial charge in [-0.25, -0.2) is 4.98 Å². The number of nitrogens with zero attached hydrogens (tertiary/aromatic N) is 2. The third-order valence-corrected chi connectivity index (χ3v) is 3.21. The summed E-state index contributed by atoms with van der Waals surface area (Å²) in [6.07, 6.45) is 3.96. The lowest BCUT2D eigenvalue weighted by Gasteiger charge is -2.13. The molecule has 1 aliphatic carbocycles. The summed E-state index contributed by atoms with van der Waals surface area (Å²) in [6, 6.07) is 9.96. The number of nitrogens with one attached hydrogen (secondary N) is 1. The minimum atomic E-state index is 0.247. The lowest BCUT2D eigenvalue weighted by molar-refractivity contribution is 0.741. The number of fused-ring (bicyclic) bond motifs is 1. The molecule has 0 saturated heterocycles. The molecule has 2 aromatic heterocycles. The number of aryl methyl sites for hydroxylation is 1. The van der Waals surface area contributed by atoms with Crippen molar-refractivity contribution in [3.8, 4) is 0 Å². The maximum Gasteiger partial charge on any atom is 0.131 e. The molecule has 86 valence electrons. The Kier molecular flexibility index (Phi) is 2.69. The molecule has 1 unspecified atom stereocenters. The average molecular weight is 246 g/mol. The average Bonchev–Trinajstić information content (AvgIpc) is 2.73. The number of pyridine rings is 2. The highest BCUT2D eigenvalue weighted by molar-refractivity contribution is 6.29. The van der Waals surface area contributed by atoms with Gasteiger partial charge in [-0.15, -0.1) is 0 Å². The molecular formula is C13H12ClN3. The standard InChI is InChI=1S/C13H12ClN3/c14-11-4-1-5-12(17-11)16-10-7-6-9-3-2-8-15-13(9)10/h1-5,8,10H,6-7H2,(H,16,17). The molecule has 0 saturated carbocycles. The van der Waals surface area contributed by atoms with E-state index in [4.69, 9.17) is 11.6 Å². The van der Waals surface area contributed by atoms with Crippen molar-refractivity contribution in [1.29, 1.82) is 0 Å². The Morgan fingerprint density at radius 2 is 2.18 bits per heavy atom. The van der Waals surface area contributed by atoms with Crippen LogP contribution in [0.1, 0.15) is 23.7 Å². The predicted molar refractivity (Wildman–Crippen MR) is 68.2 cm³/mol. The third-order valence-electron chi connectivity index (χ3n) is 3.00. The van der Waals surface area contributed by atoms with Crippen LogP contribution in [0.2, 0.25) is 5.15 Å². The Balaban J connectivity index is 1.84. The van der Waals surface area contributed by atoms with E-state index in [1.807, 2.05) is 24.4 Å². The van der Waals surface area contributed by atoms with Crippen LogP contribution in [0.5, 0.6) is 0 Å². The van der Waals surface area contributed by atoms with Crippen molar-refractivity contribution in [2.24, 2.45) is 0 Å². The molecule has 0 amide bonds. The molecule has 0 aliphatic heterocycles. The molecule has 1 N–H and O–H groups in total. The van der Waals surface area contributed by atoms with E-state index < -0.39 is 0 Å². The van der Waals surface area contributed by atoms with Gasteiger partial charge in [-0.3, -0.25) is 4.98 Å². The highest BCUT2D eigenvalue weighted by Crippen LogP contribution is 2.31. The van der Waals surface area contributed by atoms with Crippen molar-refractivity contribution in [2.45, 2.75) is 18.9 Å². The molecule has 0 spiro atoms. The summed E-state index contributed by atoms with van der Waals surface area (Å²) < 4.78 is 0. The van der Waals surface area contributed by atoms with Crippen molar-refractivity contribution in [1.82, 2.24) is 9.97 Å². The van der Waals surface area contributed by atoms with Crippen LogP contribution in [0, 0.1) is 0 Å². The van der Waals surface area contributed by atoms with Crippen LogP contribution < -0.4 is 5.32 Å². The Labute approximate surface area is 105 Å². The fourth-order valence-corrected chi connectivity index (χ4v) is 2.38. The zero-order valence-corrected chi connectivity index (χ0v) is 9.98. The van der Waals surface area contributed by atoms with E-state index in [9.17, 15) is 0 Å². The second-order valence-corrected chi connectivity index (χ2v) is 4.52. The van der Waals surface area contributed by atoms with E-state index in [1.165, 1.54) is 5.56 Å². The van der Waals surface area contributed by atoms with Crippen LogP contribution >= 0.6 is 11.6 Å². The van der Waals surface area contributed by atoms with Gasteiger partial charge in [0.05, 0.1) is 11.7 Å². The molecule has 0 fully saturated rings. The summed E-state index contributed by atoms with van der Waals surface area (Å²) in [4.78, 5) is 8.67. The van der Waals surface area contributed by atoms with E-state index in [1.54, 1.807) is 6.07 Å². The summed E-state index contributed by atoms with van der Waals surface area (Å²) in [5, 5.41) is 3.89. The Bertz CT molecular complexity index is 542. The number of aromatic nitrogens is 2. The minimum absolute atomic E-state index is 0.247. The Hall–Kier alpha value is -1.61. The molecular weight excluding hydrogens is 234 g/mol. The first-order valence-corrected chi connectivity index (χ1v) is 6.03. The van der Waals surface area contributed by atoms with Crippen LogP contribution in [0.25, 0.3) is 0 Å². The van der Waals surface area contributed by atoms with Gasteiger partial charge in [-0.1, -0.05) is 23.7 Å². The SMILES string of the molecule is Clc1cccc(NC2CCc3cccnc32)n1. The summed E-state index contributed by atoms with van der Waals surface area (Å²) in [6.45, 7) is 0. The number of halogens is 1. The zero-order chi connectivity index (χ0) is 11.7. The molecule has 1 aliphatic rings. The third kappa shape index (κ3) is 2.11. The maximum absolute atomic E-state index is 5.86. The number of hydrogen-bond donors (Lipinski definition) is 1. The van der Waals surface area contributed by atoms with Crippen LogP contribution in [-0.2, 0) is 6.42 Å². The van der Waals surface area contributed by atoms with E-state index >= 15 is 0 Å². The topological polar surface area (TPSA) is 37.8 Å². The van der Waals surface area contributed by atoms with Crippen LogP contribution in [0.3, 0.4) is 0 Å². The number of hydrogen-bond acceptors (Lipinski definition) is 3. The van der Waals surface area contributed by atoms with Gasteiger partial charge in [0.25, 0.3) is 0 Å². The molecule has 17 heavy (non-hydrogen) atoms. The maximum atomic E-state index is 5.86. The molecule has 0 bridgehead atoms. The fraction of sp³-hybridized carbons (Fsp3) is 0.231. The number of rotatable bonds is 2. The van der Waals surface area contributed by atoms with Crippen LogP contribution in [0.15, 0.2) is 36.5 Å². The number of anilines is 1. The van der Waals surface area contributed by atoms with Gasteiger partial charge >= 0.3 is 0 Å². The van der Waals surface area contributed by atoms with Gasteiger partial charge in [0.15, 0.2) is 0 Å². The molecule has 0 aromatic carbocycles. The van der Waals surface area contributed by atoms with Gasteiger partial charge in [-0.05, 0) is 36.6 Å². The highest BCUT2D eigenvalue weighted by atomic mass is 35.5. The fourth-order valence-electron chi connectivity index (χ4n) is 2.22. The van der Waals surface area contributed by atoms with Gasteiger partial charge in [0, 0.05) is 6.20 Å². The lowest BCUT2D eigenvalue weighted by atomic mass is 10.2. The van der Waals surface area contributed by atoms with Crippen molar-refractivity contribution in [3.05, 3.63) is 52.9 Å². The summed E-state index contributed by atoms with van der Waals surface area (Å²) in [5.41, 5.74) is 2.46. The first-order chi connectivity index (χ1) is 8.33. The first kappa shape index (κ1) is 10.5. The molecule has 2 aromatic rings. The van der Waals surface area contributed by atoms with Crippen LogP contribution in [-0.4, -0.2) is 9.97 Å². The van der Waals surface area contributed by atoms with Crippen molar-refractivity contribution in [3.63, 3.8) is 0 Å². The zero-order valence-electron chi connectivity index (χ0n) is 9.23. The molecule has 1 atom stereocenters. The van der Waals surface area contributed by atoms with Crippen molar-refractivity contribution >= 4 is 17.4 Å². The van der Waals surface area contributed by atoms with Gasteiger partial charge < -0.3 is 5.32 Å². The lowest BCUT2D eigenvalue weighted by Crippen LogP contribution is -2.09. The van der Waals surface area contributed by atoms with Crippen LogP contribution in [0.4, 0.5) is 5.82 Å². The molecule has 3 nitrogen and oxygen atoms in total. The first-order valence-electron chi connectivity index (χ1n) is 5.66. The normalized spacial score (nSPS) is 17.8. The largest absolute Gasteiger partial charge is 0.362 e. The summed E-state index contributed by atoms with van der Waals surface area (Å²) in [5.74, 6) is 0.806. The van der Waals surface area contributed by atoms with Crippen molar-refractivity contribution < 1.29 is 0 Å². The van der Waals surface area contributed by atoms with Gasteiger partial charge in [0.1, 0.15) is 11.0 Å². The monoisotopic (exact) mass is 245 g/mol.